The summed E-state index contributed by atoms with van der Waals surface area (Å²) in [5.41, 5.74) is 0. The fourth-order valence-corrected chi connectivity index (χ4v) is 0.824. The van der Waals surface area contributed by atoms with Gasteiger partial charge in [0.05, 0.1) is 0 Å². The quantitative estimate of drug-likeness (QED) is 0.640. The molecule has 12 heavy (non-hydrogen) atoms. The Morgan fingerprint density at radius 3 is 3.00 bits per heavy atom. The number of ether oxygens (including phenoxy) is 1. The van der Waals surface area contributed by atoms with Crippen LogP contribution in [0.4, 0.5) is 0 Å². The lowest BCUT2D eigenvalue weighted by molar-refractivity contribution is 0.191. The number of hydrogen-bond donors (Lipinski definition) is 1. The Balaban J connectivity index is 2.31. The maximum Gasteiger partial charge on any atom is 0.226 e. The van der Waals surface area contributed by atoms with Gasteiger partial charge in [0.25, 0.3) is 0 Å². The third kappa shape index (κ3) is 2.60. The second-order valence-corrected chi connectivity index (χ2v) is 2.36. The summed E-state index contributed by atoms with van der Waals surface area (Å²) in [6.45, 7) is 0.505. The van der Waals surface area contributed by atoms with Gasteiger partial charge in [-0.2, -0.15) is 4.98 Å². The first-order valence-corrected chi connectivity index (χ1v) is 3.78. The maximum atomic E-state index is 8.61. The van der Waals surface area contributed by atoms with E-state index in [1.54, 1.807) is 7.11 Å². The van der Waals surface area contributed by atoms with Gasteiger partial charge < -0.3 is 14.4 Å². The van der Waals surface area contributed by atoms with Crippen molar-refractivity contribution in [3.63, 3.8) is 0 Å². The van der Waals surface area contributed by atoms with Crippen molar-refractivity contribution in [2.24, 2.45) is 0 Å². The SMILES string of the molecule is COCCCc1nc(CO)no1. The summed E-state index contributed by atoms with van der Waals surface area (Å²) >= 11 is 0. The zero-order valence-corrected chi connectivity index (χ0v) is 6.99. The lowest BCUT2D eigenvalue weighted by Gasteiger charge is -1.92. The van der Waals surface area contributed by atoms with Crippen molar-refractivity contribution < 1.29 is 14.4 Å². The first kappa shape index (κ1) is 9.15. The van der Waals surface area contributed by atoms with Crippen LogP contribution in [0.15, 0.2) is 4.52 Å². The minimum atomic E-state index is -0.173. The Morgan fingerprint density at radius 1 is 1.58 bits per heavy atom. The molecule has 0 radical (unpaired) electrons. The molecule has 1 aromatic heterocycles. The van der Waals surface area contributed by atoms with Crippen LogP contribution in [0.5, 0.6) is 0 Å². The van der Waals surface area contributed by atoms with E-state index < -0.39 is 0 Å². The minimum Gasteiger partial charge on any atom is -0.388 e. The monoisotopic (exact) mass is 172 g/mol. The van der Waals surface area contributed by atoms with Crippen LogP contribution in [0.3, 0.4) is 0 Å². The van der Waals surface area contributed by atoms with Crippen molar-refractivity contribution in [3.05, 3.63) is 11.7 Å². The third-order valence-electron chi connectivity index (χ3n) is 1.39. The lowest BCUT2D eigenvalue weighted by Crippen LogP contribution is -1.93. The number of aryl methyl sites for hydroxylation is 1. The standard InChI is InChI=1S/C7H12N2O3/c1-11-4-2-3-7-8-6(5-10)9-12-7/h10H,2-5H2,1H3. The molecule has 1 rings (SSSR count). The first-order chi connectivity index (χ1) is 5.86. The van der Waals surface area contributed by atoms with E-state index in [0.717, 1.165) is 6.42 Å². The molecule has 0 unspecified atom stereocenters. The normalized spacial score (nSPS) is 10.5. The second kappa shape index (κ2) is 4.84. The van der Waals surface area contributed by atoms with Crippen molar-refractivity contribution in [3.8, 4) is 0 Å². The Labute approximate surface area is 70.3 Å². The number of methoxy groups -OCH3 is 1. The van der Waals surface area contributed by atoms with E-state index in [1.165, 1.54) is 0 Å². The van der Waals surface area contributed by atoms with E-state index in [2.05, 4.69) is 10.1 Å². The molecule has 0 aromatic carbocycles. The summed E-state index contributed by atoms with van der Waals surface area (Å²) < 4.78 is 9.68. The summed E-state index contributed by atoms with van der Waals surface area (Å²) in [7, 11) is 1.65. The van der Waals surface area contributed by atoms with Gasteiger partial charge in [-0.15, -0.1) is 0 Å². The largest absolute Gasteiger partial charge is 0.388 e. The van der Waals surface area contributed by atoms with Gasteiger partial charge >= 0.3 is 0 Å². The number of rotatable bonds is 5. The average molecular weight is 172 g/mol. The highest BCUT2D eigenvalue weighted by Gasteiger charge is 2.03. The van der Waals surface area contributed by atoms with Crippen LogP contribution in [-0.2, 0) is 17.8 Å². The molecule has 0 bridgehead atoms. The van der Waals surface area contributed by atoms with Gasteiger partial charge in [-0.25, -0.2) is 0 Å². The van der Waals surface area contributed by atoms with Crippen LogP contribution in [-0.4, -0.2) is 29.0 Å². The summed E-state index contributed by atoms with van der Waals surface area (Å²) in [5, 5.41) is 12.1. The molecule has 5 nitrogen and oxygen atoms in total. The number of hydrogen-bond acceptors (Lipinski definition) is 5. The molecular formula is C7H12N2O3. The highest BCUT2D eigenvalue weighted by atomic mass is 16.5. The minimum absolute atomic E-state index is 0.173. The van der Waals surface area contributed by atoms with Crippen LogP contribution in [0.25, 0.3) is 0 Å². The first-order valence-electron chi connectivity index (χ1n) is 3.78. The predicted octanol–water partition coefficient (Wildman–Crippen LogP) is 0.141. The molecule has 0 aliphatic carbocycles. The van der Waals surface area contributed by atoms with Crippen LogP contribution < -0.4 is 0 Å². The van der Waals surface area contributed by atoms with Crippen LogP contribution in [0.1, 0.15) is 18.1 Å². The van der Waals surface area contributed by atoms with Crippen molar-refractivity contribution in [1.82, 2.24) is 10.1 Å². The lowest BCUT2D eigenvalue weighted by atomic mass is 10.3. The fourth-order valence-electron chi connectivity index (χ4n) is 0.824. The summed E-state index contributed by atoms with van der Waals surface area (Å²) in [5.74, 6) is 0.888. The van der Waals surface area contributed by atoms with Crippen molar-refractivity contribution in [1.29, 1.82) is 0 Å². The highest BCUT2D eigenvalue weighted by Crippen LogP contribution is 2.00. The van der Waals surface area contributed by atoms with E-state index >= 15 is 0 Å². The van der Waals surface area contributed by atoms with Crippen molar-refractivity contribution >= 4 is 0 Å². The topological polar surface area (TPSA) is 68.4 Å². The molecule has 0 aliphatic rings. The third-order valence-corrected chi connectivity index (χ3v) is 1.39. The molecule has 1 heterocycles. The molecule has 0 saturated heterocycles. The molecule has 0 amide bonds. The maximum absolute atomic E-state index is 8.61. The van der Waals surface area contributed by atoms with E-state index in [1.807, 2.05) is 0 Å². The summed E-state index contributed by atoms with van der Waals surface area (Å²) in [4.78, 5) is 3.92. The number of nitrogens with zero attached hydrogens (tertiary/aromatic N) is 2. The fraction of sp³-hybridized carbons (Fsp3) is 0.714. The predicted molar refractivity (Wildman–Crippen MR) is 40.4 cm³/mol. The molecule has 1 N–H and O–H groups in total. The van der Waals surface area contributed by atoms with E-state index in [9.17, 15) is 0 Å². The molecule has 0 spiro atoms. The molecular weight excluding hydrogens is 160 g/mol. The van der Waals surface area contributed by atoms with E-state index in [4.69, 9.17) is 14.4 Å². The molecule has 1 aromatic rings. The van der Waals surface area contributed by atoms with Crippen molar-refractivity contribution in [2.45, 2.75) is 19.4 Å². The Kier molecular flexibility index (Phi) is 3.69. The van der Waals surface area contributed by atoms with Crippen LogP contribution in [0, 0.1) is 0 Å². The Morgan fingerprint density at radius 2 is 2.42 bits per heavy atom. The number of aromatic nitrogens is 2. The van der Waals surface area contributed by atoms with Crippen LogP contribution in [0.2, 0.25) is 0 Å². The number of aliphatic hydroxyl groups is 1. The van der Waals surface area contributed by atoms with Gasteiger partial charge in [-0.1, -0.05) is 5.16 Å². The van der Waals surface area contributed by atoms with E-state index in [0.29, 0.717) is 24.7 Å². The highest BCUT2D eigenvalue weighted by molar-refractivity contribution is 4.83. The van der Waals surface area contributed by atoms with E-state index in [-0.39, 0.29) is 6.61 Å². The van der Waals surface area contributed by atoms with Gasteiger partial charge in [0.2, 0.25) is 5.89 Å². The molecule has 5 heteroatoms. The van der Waals surface area contributed by atoms with Gasteiger partial charge in [0.15, 0.2) is 5.82 Å². The summed E-state index contributed by atoms with van der Waals surface area (Å²) in [6.07, 6.45) is 1.55. The van der Waals surface area contributed by atoms with Gasteiger partial charge in [-0.3, -0.25) is 0 Å². The summed E-state index contributed by atoms with van der Waals surface area (Å²) in [6, 6.07) is 0. The van der Waals surface area contributed by atoms with Gasteiger partial charge in [-0.05, 0) is 6.42 Å². The Bertz CT molecular complexity index is 224. The second-order valence-electron chi connectivity index (χ2n) is 2.36. The van der Waals surface area contributed by atoms with Crippen molar-refractivity contribution in [2.75, 3.05) is 13.7 Å². The van der Waals surface area contributed by atoms with Gasteiger partial charge in [0, 0.05) is 20.1 Å². The molecule has 0 atom stereocenters. The zero-order valence-electron chi connectivity index (χ0n) is 6.99. The molecule has 68 valence electrons. The average Bonchev–Trinajstić information content (AvgIpc) is 2.53. The number of aliphatic hydroxyl groups excluding tert-OH is 1. The van der Waals surface area contributed by atoms with Gasteiger partial charge in [0.1, 0.15) is 6.61 Å². The van der Waals surface area contributed by atoms with Crippen LogP contribution >= 0.6 is 0 Å². The Hall–Kier alpha value is -0.940. The molecule has 0 saturated carbocycles. The molecule has 0 aliphatic heterocycles. The zero-order chi connectivity index (χ0) is 8.81. The smallest absolute Gasteiger partial charge is 0.226 e. The molecule has 0 fully saturated rings.